The first-order valence-corrected chi connectivity index (χ1v) is 9.05. The van der Waals surface area contributed by atoms with Crippen molar-refractivity contribution in [1.82, 2.24) is 19.9 Å². The third-order valence-electron chi connectivity index (χ3n) is 4.68. The van der Waals surface area contributed by atoms with Gasteiger partial charge in [0, 0.05) is 39.2 Å². The van der Waals surface area contributed by atoms with Crippen molar-refractivity contribution < 1.29 is 14.1 Å². The fourth-order valence-electron chi connectivity index (χ4n) is 3.32. The molecule has 0 radical (unpaired) electrons. The van der Waals surface area contributed by atoms with E-state index < -0.39 is 0 Å². The molecule has 7 nitrogen and oxygen atoms in total. The number of rotatable bonds is 7. The molecule has 1 aromatic heterocycles. The van der Waals surface area contributed by atoms with Crippen molar-refractivity contribution in [3.8, 4) is 0 Å². The van der Waals surface area contributed by atoms with Crippen LogP contribution in [0.5, 0.6) is 0 Å². The van der Waals surface area contributed by atoms with Crippen LogP contribution in [-0.4, -0.2) is 52.1 Å². The number of hydrogen-bond acceptors (Lipinski definition) is 6. The lowest BCUT2D eigenvalue weighted by molar-refractivity contribution is -0.133. The average molecular weight is 358 g/mol. The Kier molecular flexibility index (Phi) is 6.35. The van der Waals surface area contributed by atoms with Crippen molar-refractivity contribution in [2.45, 2.75) is 45.5 Å². The second-order valence-corrected chi connectivity index (χ2v) is 6.59. The normalized spacial score (nSPS) is 18.9. The highest BCUT2D eigenvalue weighted by atomic mass is 16.5. The lowest BCUT2D eigenvalue weighted by Crippen LogP contribution is -2.42. The van der Waals surface area contributed by atoms with Gasteiger partial charge < -0.3 is 14.2 Å². The number of aromatic nitrogens is 2. The largest absolute Gasteiger partial charge is 0.375 e. The quantitative estimate of drug-likeness (QED) is 0.756. The molecule has 0 aliphatic carbocycles. The summed E-state index contributed by atoms with van der Waals surface area (Å²) in [6.45, 7) is 5.19. The fourth-order valence-corrected chi connectivity index (χ4v) is 3.32. The Labute approximate surface area is 153 Å². The molecule has 1 amide bonds. The zero-order valence-corrected chi connectivity index (χ0v) is 15.4. The van der Waals surface area contributed by atoms with E-state index in [1.54, 1.807) is 7.11 Å². The smallest absolute Gasteiger partial charge is 0.252 e. The molecule has 1 unspecified atom stereocenters. The Morgan fingerprint density at radius 2 is 2.08 bits per heavy atom. The van der Waals surface area contributed by atoms with E-state index in [1.165, 1.54) is 0 Å². The van der Waals surface area contributed by atoms with E-state index in [4.69, 9.17) is 9.26 Å². The number of ether oxygens (including phenoxy) is 1. The molecule has 140 valence electrons. The van der Waals surface area contributed by atoms with E-state index in [0.29, 0.717) is 44.4 Å². The third-order valence-corrected chi connectivity index (χ3v) is 4.68. The molecular weight excluding hydrogens is 332 g/mol. The molecule has 7 heteroatoms. The Balaban J connectivity index is 1.67. The third kappa shape index (κ3) is 4.68. The Bertz CT molecular complexity index is 704. The minimum absolute atomic E-state index is 0.176. The van der Waals surface area contributed by atoms with Crippen molar-refractivity contribution in [2.24, 2.45) is 0 Å². The summed E-state index contributed by atoms with van der Waals surface area (Å²) in [4.78, 5) is 21.3. The van der Waals surface area contributed by atoms with Crippen LogP contribution in [0.4, 0.5) is 0 Å². The molecule has 3 rings (SSSR count). The zero-order valence-electron chi connectivity index (χ0n) is 15.4. The number of amides is 1. The van der Waals surface area contributed by atoms with E-state index in [2.05, 4.69) is 34.1 Å². The topological polar surface area (TPSA) is 71.7 Å². The van der Waals surface area contributed by atoms with Gasteiger partial charge in [-0.25, -0.2) is 0 Å². The van der Waals surface area contributed by atoms with Crippen molar-refractivity contribution in [3.05, 3.63) is 47.6 Å². The lowest BCUT2D eigenvalue weighted by Gasteiger charge is -2.31. The predicted octanol–water partition coefficient (Wildman–Crippen LogP) is 2.23. The number of benzene rings is 1. The molecule has 1 saturated heterocycles. The Morgan fingerprint density at radius 1 is 1.27 bits per heavy atom. The molecule has 1 aliphatic heterocycles. The van der Waals surface area contributed by atoms with Gasteiger partial charge in [0.25, 0.3) is 5.89 Å². The van der Waals surface area contributed by atoms with Gasteiger partial charge in [-0.2, -0.15) is 4.98 Å². The first kappa shape index (κ1) is 18.5. The van der Waals surface area contributed by atoms with E-state index >= 15 is 0 Å². The van der Waals surface area contributed by atoms with Gasteiger partial charge in [0.15, 0.2) is 5.82 Å². The maximum absolute atomic E-state index is 12.7. The van der Waals surface area contributed by atoms with Crippen molar-refractivity contribution >= 4 is 5.91 Å². The van der Waals surface area contributed by atoms with E-state index in [1.807, 2.05) is 23.1 Å². The van der Waals surface area contributed by atoms with Crippen LogP contribution < -0.4 is 0 Å². The monoisotopic (exact) mass is 358 g/mol. The first-order valence-electron chi connectivity index (χ1n) is 9.05. The van der Waals surface area contributed by atoms with Gasteiger partial charge in [0.2, 0.25) is 5.91 Å². The van der Waals surface area contributed by atoms with Crippen LogP contribution in [-0.2, 0) is 29.2 Å². The minimum Gasteiger partial charge on any atom is -0.375 e. The SMILES string of the molecule is CCC1CN(Cc2noc(COC)n2)CCC(=O)N1Cc1ccccc1. The van der Waals surface area contributed by atoms with E-state index in [-0.39, 0.29) is 11.9 Å². The number of hydrogen-bond donors (Lipinski definition) is 0. The number of carbonyl (C=O) groups is 1. The number of carbonyl (C=O) groups excluding carboxylic acids is 1. The summed E-state index contributed by atoms with van der Waals surface area (Å²) in [6.07, 6.45) is 1.42. The van der Waals surface area contributed by atoms with Crippen molar-refractivity contribution in [1.29, 1.82) is 0 Å². The second kappa shape index (κ2) is 8.91. The molecule has 26 heavy (non-hydrogen) atoms. The molecule has 0 bridgehead atoms. The summed E-state index contributed by atoms with van der Waals surface area (Å²) < 4.78 is 10.2. The maximum Gasteiger partial charge on any atom is 0.252 e. The minimum atomic E-state index is 0.176. The van der Waals surface area contributed by atoms with Crippen LogP contribution in [0.25, 0.3) is 0 Å². The molecule has 1 atom stereocenters. The van der Waals surface area contributed by atoms with Crippen LogP contribution in [0.1, 0.15) is 37.0 Å². The molecular formula is C19H26N4O3. The summed E-state index contributed by atoms with van der Waals surface area (Å²) >= 11 is 0. The summed E-state index contributed by atoms with van der Waals surface area (Å²) in [7, 11) is 1.59. The molecule has 0 saturated carbocycles. The lowest BCUT2D eigenvalue weighted by atomic mass is 10.1. The number of methoxy groups -OCH3 is 1. The van der Waals surface area contributed by atoms with E-state index in [0.717, 1.165) is 18.5 Å². The molecule has 0 N–H and O–H groups in total. The Morgan fingerprint density at radius 3 is 2.81 bits per heavy atom. The zero-order chi connectivity index (χ0) is 18.4. The predicted molar refractivity (Wildman–Crippen MR) is 96.0 cm³/mol. The molecule has 1 fully saturated rings. The number of nitrogens with zero attached hydrogens (tertiary/aromatic N) is 4. The molecule has 2 aromatic rings. The van der Waals surface area contributed by atoms with Crippen molar-refractivity contribution in [3.63, 3.8) is 0 Å². The van der Waals surface area contributed by atoms with Gasteiger partial charge in [0.05, 0.1) is 6.54 Å². The van der Waals surface area contributed by atoms with Crippen molar-refractivity contribution in [2.75, 3.05) is 20.2 Å². The summed E-state index contributed by atoms with van der Waals surface area (Å²) in [6, 6.07) is 10.3. The highest BCUT2D eigenvalue weighted by Gasteiger charge is 2.29. The van der Waals surface area contributed by atoms with Crippen LogP contribution >= 0.6 is 0 Å². The van der Waals surface area contributed by atoms with Gasteiger partial charge in [-0.3, -0.25) is 9.69 Å². The van der Waals surface area contributed by atoms with Gasteiger partial charge in [-0.05, 0) is 12.0 Å². The summed E-state index contributed by atoms with van der Waals surface area (Å²) in [5, 5.41) is 4.01. The highest BCUT2D eigenvalue weighted by Crippen LogP contribution is 2.19. The summed E-state index contributed by atoms with van der Waals surface area (Å²) in [5.74, 6) is 1.32. The first-order chi connectivity index (χ1) is 12.7. The van der Waals surface area contributed by atoms with Crippen LogP contribution in [0.2, 0.25) is 0 Å². The highest BCUT2D eigenvalue weighted by molar-refractivity contribution is 5.77. The van der Waals surface area contributed by atoms with Gasteiger partial charge in [-0.1, -0.05) is 42.4 Å². The molecule has 1 aliphatic rings. The molecule has 0 spiro atoms. The van der Waals surface area contributed by atoms with Gasteiger partial charge in [-0.15, -0.1) is 0 Å². The van der Waals surface area contributed by atoms with Gasteiger partial charge in [0.1, 0.15) is 6.61 Å². The fraction of sp³-hybridized carbons (Fsp3) is 0.526. The molecule has 2 heterocycles. The molecule has 1 aromatic carbocycles. The van der Waals surface area contributed by atoms with E-state index in [9.17, 15) is 4.79 Å². The van der Waals surface area contributed by atoms with Gasteiger partial charge >= 0.3 is 0 Å². The Hall–Kier alpha value is -2.25. The standard InChI is InChI=1S/C19H26N4O3/c1-3-16-12-22(13-17-20-18(14-25-2)26-21-17)10-9-19(24)23(16)11-15-7-5-4-6-8-15/h4-8,16H,3,9-14H2,1-2H3. The van der Waals surface area contributed by atoms with Crippen LogP contribution in [0, 0.1) is 0 Å². The average Bonchev–Trinajstić information content (AvgIpc) is 3.04. The van der Waals surface area contributed by atoms with Crippen LogP contribution in [0.15, 0.2) is 34.9 Å². The summed E-state index contributed by atoms with van der Waals surface area (Å²) in [5.41, 5.74) is 1.16. The second-order valence-electron chi connectivity index (χ2n) is 6.59. The maximum atomic E-state index is 12.7. The van der Waals surface area contributed by atoms with Crippen LogP contribution in [0.3, 0.4) is 0 Å².